The lowest BCUT2D eigenvalue weighted by Crippen LogP contribution is -2.51. The highest BCUT2D eigenvalue weighted by atomic mass is 31.2. The third-order valence-electron chi connectivity index (χ3n) is 4.08. The zero-order valence-electron chi connectivity index (χ0n) is 18.5. The Morgan fingerprint density at radius 2 is 1.64 bits per heavy atom. The monoisotopic (exact) mass is 423 g/mol. The number of hydrogen-bond donors (Lipinski definition) is 0. The average Bonchev–Trinajstić information content (AvgIpc) is 2.87. The second kappa shape index (κ2) is 10.9. The van der Waals surface area contributed by atoms with Gasteiger partial charge in [-0.3, -0.25) is 18.5 Å². The van der Waals surface area contributed by atoms with Crippen molar-refractivity contribution < 1.29 is 32.4 Å². The largest absolute Gasteiger partial charge is 0.474 e. The minimum absolute atomic E-state index is 0.0296. The van der Waals surface area contributed by atoms with Crippen LogP contribution in [0.5, 0.6) is 0 Å². The van der Waals surface area contributed by atoms with E-state index in [1.807, 2.05) is 13.8 Å². The van der Waals surface area contributed by atoms with Crippen molar-refractivity contribution in [2.45, 2.75) is 91.5 Å². The fraction of sp³-hybridized carbons (Fsp3) is 0.947. The summed E-state index contributed by atoms with van der Waals surface area (Å²) in [6.45, 7) is 13.8. The normalized spacial score (nSPS) is 19.8. The van der Waals surface area contributed by atoms with Crippen molar-refractivity contribution in [3.05, 3.63) is 0 Å². The lowest BCUT2D eigenvalue weighted by molar-refractivity contribution is -0.0643. The Balaban J connectivity index is 2.79. The van der Waals surface area contributed by atoms with Crippen molar-refractivity contribution >= 4 is 13.9 Å². The number of amides is 1. The Labute approximate surface area is 169 Å². The number of carbonyl (C=O) groups is 1. The van der Waals surface area contributed by atoms with Crippen LogP contribution in [-0.4, -0.2) is 54.8 Å². The standard InChI is InChI=1S/C19H38NO7P/c1-8-10-12-24-28(22,25-13-11-9-2)26-15-16-14-23-19(6,7)20(16)17(21)27-18(3,4)5/h16H,8-15H2,1-7H3/t16-/m1/s1. The van der Waals surface area contributed by atoms with Gasteiger partial charge in [-0.05, 0) is 47.5 Å². The van der Waals surface area contributed by atoms with Gasteiger partial charge < -0.3 is 9.47 Å². The van der Waals surface area contributed by atoms with Gasteiger partial charge in [-0.25, -0.2) is 9.36 Å². The van der Waals surface area contributed by atoms with Crippen LogP contribution in [0.25, 0.3) is 0 Å². The fourth-order valence-corrected chi connectivity index (χ4v) is 3.90. The van der Waals surface area contributed by atoms with E-state index in [4.69, 9.17) is 23.0 Å². The van der Waals surface area contributed by atoms with Gasteiger partial charge in [-0.15, -0.1) is 0 Å². The van der Waals surface area contributed by atoms with Crippen LogP contribution >= 0.6 is 7.82 Å². The predicted octanol–water partition coefficient (Wildman–Crippen LogP) is 5.12. The molecule has 0 aromatic carbocycles. The van der Waals surface area contributed by atoms with E-state index in [1.54, 1.807) is 34.6 Å². The minimum atomic E-state index is -3.71. The van der Waals surface area contributed by atoms with Gasteiger partial charge >= 0.3 is 13.9 Å². The smallest absolute Gasteiger partial charge is 0.444 e. The number of phosphoric acid groups is 1. The summed E-state index contributed by atoms with van der Waals surface area (Å²) in [6.07, 6.45) is 2.83. The van der Waals surface area contributed by atoms with Gasteiger partial charge in [-0.1, -0.05) is 26.7 Å². The molecule has 0 radical (unpaired) electrons. The van der Waals surface area contributed by atoms with Crippen LogP contribution in [0.1, 0.15) is 74.1 Å². The molecule has 0 bridgehead atoms. The molecule has 1 heterocycles. The highest BCUT2D eigenvalue weighted by Crippen LogP contribution is 2.50. The molecule has 1 saturated heterocycles. The summed E-state index contributed by atoms with van der Waals surface area (Å²) in [4.78, 5) is 14.2. The summed E-state index contributed by atoms with van der Waals surface area (Å²) >= 11 is 0. The van der Waals surface area contributed by atoms with Gasteiger partial charge in [0.25, 0.3) is 0 Å². The molecule has 1 rings (SSSR count). The quantitative estimate of drug-likeness (QED) is 0.337. The van der Waals surface area contributed by atoms with E-state index in [0.717, 1.165) is 25.7 Å². The molecule has 0 N–H and O–H groups in total. The minimum Gasteiger partial charge on any atom is -0.444 e. The summed E-state index contributed by atoms with van der Waals surface area (Å²) in [5.41, 5.74) is -1.49. The maximum Gasteiger partial charge on any atom is 0.474 e. The van der Waals surface area contributed by atoms with Gasteiger partial charge in [0.05, 0.1) is 32.5 Å². The van der Waals surface area contributed by atoms with Crippen molar-refractivity contribution in [1.29, 1.82) is 0 Å². The summed E-state index contributed by atoms with van der Waals surface area (Å²) in [5, 5.41) is 0. The summed E-state index contributed by atoms with van der Waals surface area (Å²) in [5.74, 6) is 0. The number of unbranched alkanes of at least 4 members (excludes halogenated alkanes) is 2. The summed E-state index contributed by atoms with van der Waals surface area (Å²) in [7, 11) is -3.71. The van der Waals surface area contributed by atoms with E-state index in [0.29, 0.717) is 13.2 Å². The first-order valence-electron chi connectivity index (χ1n) is 10.1. The third kappa shape index (κ3) is 8.37. The molecule has 1 aliphatic rings. The Morgan fingerprint density at radius 1 is 1.11 bits per heavy atom. The van der Waals surface area contributed by atoms with Crippen molar-refractivity contribution in [3.8, 4) is 0 Å². The fourth-order valence-electron chi connectivity index (χ4n) is 2.62. The lowest BCUT2D eigenvalue weighted by Gasteiger charge is -2.35. The molecule has 1 atom stereocenters. The first-order chi connectivity index (χ1) is 12.9. The number of carbonyl (C=O) groups excluding carboxylic acids is 1. The van der Waals surface area contributed by atoms with Crippen LogP contribution in [0.3, 0.4) is 0 Å². The molecule has 166 valence electrons. The molecular weight excluding hydrogens is 385 g/mol. The lowest BCUT2D eigenvalue weighted by atomic mass is 10.2. The van der Waals surface area contributed by atoms with Gasteiger partial charge in [-0.2, -0.15) is 0 Å². The molecular formula is C19H38NO7P. The molecule has 1 amide bonds. The SMILES string of the molecule is CCCCOP(=O)(OCCCC)OC[C@H]1COC(C)(C)N1C(=O)OC(C)(C)C. The van der Waals surface area contributed by atoms with Crippen molar-refractivity contribution in [2.75, 3.05) is 26.4 Å². The van der Waals surface area contributed by atoms with Crippen molar-refractivity contribution in [1.82, 2.24) is 4.90 Å². The Morgan fingerprint density at radius 3 is 2.11 bits per heavy atom. The van der Waals surface area contributed by atoms with E-state index in [-0.39, 0.29) is 13.2 Å². The second-order valence-corrected chi connectivity index (χ2v) is 10.0. The molecule has 0 spiro atoms. The molecule has 1 fully saturated rings. The maximum absolute atomic E-state index is 12.9. The van der Waals surface area contributed by atoms with Crippen molar-refractivity contribution in [3.63, 3.8) is 0 Å². The van der Waals surface area contributed by atoms with E-state index in [1.165, 1.54) is 4.90 Å². The highest BCUT2D eigenvalue weighted by molar-refractivity contribution is 7.48. The van der Waals surface area contributed by atoms with Crippen molar-refractivity contribution in [2.24, 2.45) is 0 Å². The zero-order valence-corrected chi connectivity index (χ0v) is 19.4. The molecule has 8 nitrogen and oxygen atoms in total. The predicted molar refractivity (Wildman–Crippen MR) is 107 cm³/mol. The number of rotatable bonds is 11. The molecule has 28 heavy (non-hydrogen) atoms. The van der Waals surface area contributed by atoms with Gasteiger partial charge in [0, 0.05) is 0 Å². The van der Waals surface area contributed by atoms with Crippen LogP contribution in [0, 0.1) is 0 Å². The number of hydrogen-bond acceptors (Lipinski definition) is 7. The van der Waals surface area contributed by atoms with E-state index in [2.05, 4.69) is 0 Å². The average molecular weight is 423 g/mol. The Kier molecular flexibility index (Phi) is 9.90. The first kappa shape index (κ1) is 25.4. The molecule has 0 aliphatic carbocycles. The van der Waals surface area contributed by atoms with Crippen LogP contribution in [0.15, 0.2) is 0 Å². The molecule has 1 aliphatic heterocycles. The Bertz CT molecular complexity index is 519. The molecule has 0 aromatic rings. The number of nitrogens with zero attached hydrogens (tertiary/aromatic N) is 1. The topological polar surface area (TPSA) is 83.5 Å². The van der Waals surface area contributed by atoms with Gasteiger partial charge in [0.2, 0.25) is 0 Å². The summed E-state index contributed by atoms with van der Waals surface area (Å²) in [6, 6.07) is -0.456. The summed E-state index contributed by atoms with van der Waals surface area (Å²) < 4.78 is 40.7. The zero-order chi connectivity index (χ0) is 21.4. The molecule has 0 unspecified atom stereocenters. The van der Waals surface area contributed by atoms with Crippen LogP contribution in [0.2, 0.25) is 0 Å². The van der Waals surface area contributed by atoms with Gasteiger partial charge in [0.15, 0.2) is 0 Å². The highest BCUT2D eigenvalue weighted by Gasteiger charge is 2.46. The van der Waals surface area contributed by atoms with Crippen LogP contribution in [-0.2, 0) is 27.6 Å². The van der Waals surface area contributed by atoms with Gasteiger partial charge in [0.1, 0.15) is 11.3 Å². The van der Waals surface area contributed by atoms with E-state index >= 15 is 0 Å². The van der Waals surface area contributed by atoms with Crippen LogP contribution < -0.4 is 0 Å². The molecule has 0 aromatic heterocycles. The van der Waals surface area contributed by atoms with Crippen LogP contribution in [0.4, 0.5) is 4.79 Å². The number of phosphoric ester groups is 1. The second-order valence-electron chi connectivity index (χ2n) is 8.38. The maximum atomic E-state index is 12.9. The molecule has 0 saturated carbocycles. The Hall–Kier alpha value is -0.660. The molecule has 9 heteroatoms. The third-order valence-corrected chi connectivity index (χ3v) is 5.55. The van der Waals surface area contributed by atoms with E-state index in [9.17, 15) is 9.36 Å². The number of ether oxygens (including phenoxy) is 2. The first-order valence-corrected chi connectivity index (χ1v) is 11.6. The van der Waals surface area contributed by atoms with E-state index < -0.39 is 31.3 Å².